The summed E-state index contributed by atoms with van der Waals surface area (Å²) in [6.07, 6.45) is 4.85. The maximum Gasteiger partial charge on any atom is 0.275 e. The lowest BCUT2D eigenvalue weighted by Gasteiger charge is -2.11. The van der Waals surface area contributed by atoms with Crippen molar-refractivity contribution in [2.75, 3.05) is 5.32 Å². The number of anilines is 1. The molecule has 0 aliphatic carbocycles. The third-order valence-electron chi connectivity index (χ3n) is 3.51. The Labute approximate surface area is 122 Å². The zero-order valence-electron chi connectivity index (χ0n) is 11.2. The molecule has 3 rings (SSSR count). The van der Waals surface area contributed by atoms with Gasteiger partial charge in [0.15, 0.2) is 5.82 Å². The molecule has 2 aromatic rings. The molecule has 104 valence electrons. The summed E-state index contributed by atoms with van der Waals surface area (Å²) in [6.45, 7) is 2.70. The minimum atomic E-state index is -0.277. The number of halogens is 1. The van der Waals surface area contributed by atoms with Gasteiger partial charge in [0.05, 0.1) is 0 Å². The number of nitrogens with one attached hydrogen (secondary N) is 1. The molecule has 0 unspecified atom stereocenters. The van der Waals surface area contributed by atoms with Crippen molar-refractivity contribution >= 4 is 23.3 Å². The summed E-state index contributed by atoms with van der Waals surface area (Å²) >= 11 is 6.00. The van der Waals surface area contributed by atoms with Crippen molar-refractivity contribution in [2.45, 2.75) is 32.7 Å². The zero-order valence-corrected chi connectivity index (χ0v) is 11.9. The molecule has 0 atom stereocenters. The molecule has 3 heterocycles. The van der Waals surface area contributed by atoms with E-state index in [1.54, 1.807) is 13.0 Å². The highest BCUT2D eigenvalue weighted by molar-refractivity contribution is 6.31. The van der Waals surface area contributed by atoms with Crippen LogP contribution in [-0.4, -0.2) is 20.7 Å². The van der Waals surface area contributed by atoms with E-state index in [-0.39, 0.29) is 5.91 Å². The topological polar surface area (TPSA) is 59.8 Å². The molecule has 1 amide bonds. The Balaban J connectivity index is 1.82. The molecule has 0 saturated heterocycles. The van der Waals surface area contributed by atoms with Gasteiger partial charge < -0.3 is 5.32 Å². The summed E-state index contributed by atoms with van der Waals surface area (Å²) in [5.74, 6) is 0.300. The lowest BCUT2D eigenvalue weighted by atomic mass is 10.1. The van der Waals surface area contributed by atoms with Gasteiger partial charge in [-0.05, 0) is 37.8 Å². The van der Waals surface area contributed by atoms with Gasteiger partial charge in [-0.2, -0.15) is 5.10 Å². The lowest BCUT2D eigenvalue weighted by Crippen LogP contribution is -2.16. The highest BCUT2D eigenvalue weighted by Gasteiger charge is 2.17. The number of carbonyl (C=O) groups excluding carboxylic acids is 1. The minimum Gasteiger partial charge on any atom is -0.304 e. The van der Waals surface area contributed by atoms with Crippen molar-refractivity contribution in [1.82, 2.24) is 14.8 Å². The van der Waals surface area contributed by atoms with E-state index in [1.165, 1.54) is 18.3 Å². The Morgan fingerprint density at radius 1 is 1.45 bits per heavy atom. The van der Waals surface area contributed by atoms with Crippen LogP contribution in [0.5, 0.6) is 0 Å². The van der Waals surface area contributed by atoms with E-state index in [0.29, 0.717) is 22.1 Å². The predicted molar refractivity (Wildman–Crippen MR) is 77.1 cm³/mol. The van der Waals surface area contributed by atoms with Crippen LogP contribution in [0.2, 0.25) is 5.02 Å². The van der Waals surface area contributed by atoms with E-state index in [1.807, 2.05) is 10.7 Å². The molecule has 1 N–H and O–H groups in total. The van der Waals surface area contributed by atoms with Crippen LogP contribution in [0.25, 0.3) is 0 Å². The fourth-order valence-electron chi connectivity index (χ4n) is 2.40. The first-order valence-electron chi connectivity index (χ1n) is 6.64. The summed E-state index contributed by atoms with van der Waals surface area (Å²) in [5.41, 5.74) is 2.18. The number of aromatic nitrogens is 3. The fourth-order valence-corrected chi connectivity index (χ4v) is 2.54. The van der Waals surface area contributed by atoms with Gasteiger partial charge in [0, 0.05) is 29.5 Å². The van der Waals surface area contributed by atoms with Gasteiger partial charge in [0.2, 0.25) is 0 Å². The Hall–Kier alpha value is -1.88. The molecule has 0 saturated carbocycles. The van der Waals surface area contributed by atoms with Crippen molar-refractivity contribution in [3.05, 3.63) is 40.3 Å². The molecule has 5 nitrogen and oxygen atoms in total. The highest BCUT2D eigenvalue weighted by atomic mass is 35.5. The van der Waals surface area contributed by atoms with Crippen molar-refractivity contribution in [3.63, 3.8) is 0 Å². The Morgan fingerprint density at radius 3 is 3.10 bits per heavy atom. The van der Waals surface area contributed by atoms with Crippen LogP contribution in [0, 0.1) is 6.92 Å². The van der Waals surface area contributed by atoms with E-state index < -0.39 is 0 Å². The van der Waals surface area contributed by atoms with Gasteiger partial charge in [-0.3, -0.25) is 14.5 Å². The van der Waals surface area contributed by atoms with Crippen LogP contribution in [0.1, 0.15) is 34.6 Å². The fraction of sp³-hybridized carbons (Fsp3) is 0.357. The van der Waals surface area contributed by atoms with Crippen LogP contribution in [0.15, 0.2) is 18.3 Å². The van der Waals surface area contributed by atoms with Gasteiger partial charge in [0.25, 0.3) is 5.91 Å². The summed E-state index contributed by atoms with van der Waals surface area (Å²) in [7, 11) is 0. The third-order valence-corrected chi connectivity index (χ3v) is 3.92. The van der Waals surface area contributed by atoms with E-state index in [2.05, 4.69) is 15.4 Å². The summed E-state index contributed by atoms with van der Waals surface area (Å²) in [5, 5.41) is 7.72. The van der Waals surface area contributed by atoms with Crippen LogP contribution in [0.3, 0.4) is 0 Å². The quantitative estimate of drug-likeness (QED) is 0.925. The first-order chi connectivity index (χ1) is 9.65. The smallest absolute Gasteiger partial charge is 0.275 e. The van der Waals surface area contributed by atoms with Crippen LogP contribution in [0.4, 0.5) is 5.82 Å². The molecular weight excluding hydrogens is 276 g/mol. The van der Waals surface area contributed by atoms with E-state index in [9.17, 15) is 4.79 Å². The number of nitrogens with zero attached hydrogens (tertiary/aromatic N) is 3. The lowest BCUT2D eigenvalue weighted by molar-refractivity contribution is 0.102. The molecule has 0 spiro atoms. The van der Waals surface area contributed by atoms with Gasteiger partial charge in [0.1, 0.15) is 5.69 Å². The molecular formula is C14H15ClN4O. The van der Waals surface area contributed by atoms with Crippen molar-refractivity contribution in [2.24, 2.45) is 0 Å². The molecule has 0 radical (unpaired) electrons. The van der Waals surface area contributed by atoms with E-state index in [0.717, 1.165) is 19.4 Å². The molecule has 2 aromatic heterocycles. The molecule has 1 aliphatic heterocycles. The second-order valence-corrected chi connectivity index (χ2v) is 5.33. The average Bonchev–Trinajstić information content (AvgIpc) is 2.83. The first-order valence-corrected chi connectivity index (χ1v) is 7.02. The summed E-state index contributed by atoms with van der Waals surface area (Å²) in [6, 6.07) is 3.60. The number of hydrogen-bond acceptors (Lipinski definition) is 3. The number of amides is 1. The molecule has 1 aliphatic rings. The van der Waals surface area contributed by atoms with Crippen LogP contribution in [-0.2, 0) is 13.0 Å². The maximum absolute atomic E-state index is 12.2. The number of carbonyl (C=O) groups is 1. The Morgan fingerprint density at radius 2 is 2.30 bits per heavy atom. The van der Waals surface area contributed by atoms with Gasteiger partial charge in [-0.1, -0.05) is 11.6 Å². The number of fused-ring (bicyclic) bond motifs is 1. The second-order valence-electron chi connectivity index (χ2n) is 4.92. The van der Waals surface area contributed by atoms with E-state index >= 15 is 0 Å². The van der Waals surface area contributed by atoms with Gasteiger partial charge in [-0.25, -0.2) is 0 Å². The summed E-state index contributed by atoms with van der Waals surface area (Å²) < 4.78 is 1.96. The van der Waals surface area contributed by atoms with Gasteiger partial charge in [-0.15, -0.1) is 0 Å². The molecule has 0 aromatic carbocycles. The van der Waals surface area contributed by atoms with Crippen LogP contribution < -0.4 is 5.32 Å². The highest BCUT2D eigenvalue weighted by Crippen LogP contribution is 2.20. The van der Waals surface area contributed by atoms with E-state index in [4.69, 9.17) is 11.6 Å². The average molecular weight is 291 g/mol. The zero-order chi connectivity index (χ0) is 14.1. The monoisotopic (exact) mass is 290 g/mol. The minimum absolute atomic E-state index is 0.277. The Bertz CT molecular complexity index is 642. The number of hydrogen-bond donors (Lipinski definition) is 1. The molecule has 0 fully saturated rings. The SMILES string of the molecule is Cc1c(Cl)ccnc1C(=O)Nc1cc2n(n1)CCCC2. The number of pyridine rings is 1. The van der Waals surface area contributed by atoms with Crippen molar-refractivity contribution < 1.29 is 4.79 Å². The standard InChI is InChI=1S/C14H15ClN4O/c1-9-11(15)5-6-16-13(9)14(20)17-12-8-10-4-2-3-7-19(10)18-12/h5-6,8H,2-4,7H2,1H3,(H,17,18,20). The molecule has 20 heavy (non-hydrogen) atoms. The van der Waals surface area contributed by atoms with Gasteiger partial charge >= 0.3 is 0 Å². The number of aryl methyl sites for hydroxylation is 2. The second kappa shape index (κ2) is 5.25. The summed E-state index contributed by atoms with van der Waals surface area (Å²) in [4.78, 5) is 16.3. The number of rotatable bonds is 2. The Kier molecular flexibility index (Phi) is 3.44. The maximum atomic E-state index is 12.2. The molecule has 6 heteroatoms. The van der Waals surface area contributed by atoms with Crippen LogP contribution >= 0.6 is 11.6 Å². The van der Waals surface area contributed by atoms with Crippen molar-refractivity contribution in [3.8, 4) is 0 Å². The predicted octanol–water partition coefficient (Wildman–Crippen LogP) is 2.83. The molecule has 0 bridgehead atoms. The largest absolute Gasteiger partial charge is 0.304 e. The normalized spacial score (nSPS) is 13.9. The van der Waals surface area contributed by atoms with Crippen molar-refractivity contribution in [1.29, 1.82) is 0 Å². The third kappa shape index (κ3) is 2.41. The first kappa shape index (κ1) is 13.1.